The molecule has 0 radical (unpaired) electrons. The van der Waals surface area contributed by atoms with Crippen molar-refractivity contribution in [2.24, 2.45) is 0 Å². The molecule has 3 rings (SSSR count). The maximum atomic E-state index is 12.1. The lowest BCUT2D eigenvalue weighted by Crippen LogP contribution is -2.15. The topological polar surface area (TPSA) is 84.0 Å². The molecule has 6 heteroatoms. The van der Waals surface area contributed by atoms with E-state index in [4.69, 9.17) is 0 Å². The number of hydrogen-bond acceptors (Lipinski definition) is 5. The number of amides is 1. The molecule has 0 aliphatic rings. The van der Waals surface area contributed by atoms with Crippen molar-refractivity contribution in [1.82, 2.24) is 10.2 Å². The first-order chi connectivity index (χ1) is 13.0. The fourth-order valence-corrected chi connectivity index (χ4v) is 2.51. The summed E-state index contributed by atoms with van der Waals surface area (Å²) in [4.78, 5) is 23.6. The van der Waals surface area contributed by atoms with Crippen molar-refractivity contribution in [3.8, 4) is 0 Å². The van der Waals surface area contributed by atoms with E-state index in [1.165, 1.54) is 6.92 Å². The minimum Gasteiger partial charge on any atom is -0.339 e. The molecule has 27 heavy (non-hydrogen) atoms. The third-order valence-corrected chi connectivity index (χ3v) is 3.96. The van der Waals surface area contributed by atoms with Crippen LogP contribution in [0.15, 0.2) is 60.7 Å². The standard InChI is InChI=1S/C21H20N4O2/c1-14-6-8-16(9-7-14)12-21(27)23-20-11-10-19(24-25-20)22-18-5-3-4-17(13-18)15(2)26/h3-11,13H,12H2,1-2H3,(H,22,24)(H,23,25,27). The van der Waals surface area contributed by atoms with E-state index in [-0.39, 0.29) is 18.1 Å². The van der Waals surface area contributed by atoms with E-state index in [1.54, 1.807) is 30.3 Å². The van der Waals surface area contributed by atoms with Crippen LogP contribution >= 0.6 is 0 Å². The molecule has 0 spiro atoms. The highest BCUT2D eigenvalue weighted by atomic mass is 16.1. The molecule has 136 valence electrons. The van der Waals surface area contributed by atoms with Gasteiger partial charge in [0.1, 0.15) is 0 Å². The summed E-state index contributed by atoms with van der Waals surface area (Å²) in [5.74, 6) is 0.752. The number of benzene rings is 2. The number of nitrogens with one attached hydrogen (secondary N) is 2. The van der Waals surface area contributed by atoms with Crippen LogP contribution in [0.1, 0.15) is 28.4 Å². The van der Waals surface area contributed by atoms with Crippen LogP contribution in [0.25, 0.3) is 0 Å². The van der Waals surface area contributed by atoms with E-state index in [0.717, 1.165) is 16.8 Å². The number of anilines is 3. The number of rotatable bonds is 6. The minimum atomic E-state index is -0.150. The lowest BCUT2D eigenvalue weighted by Gasteiger charge is -2.08. The summed E-state index contributed by atoms with van der Waals surface area (Å²) < 4.78 is 0. The molecule has 0 bridgehead atoms. The molecule has 2 N–H and O–H groups in total. The molecule has 0 fully saturated rings. The molecule has 1 aromatic heterocycles. The number of ketones is 1. The Morgan fingerprint density at radius 2 is 1.63 bits per heavy atom. The van der Waals surface area contributed by atoms with Crippen LogP contribution in [0.4, 0.5) is 17.3 Å². The van der Waals surface area contributed by atoms with Crippen LogP contribution in [-0.4, -0.2) is 21.9 Å². The molecule has 1 amide bonds. The van der Waals surface area contributed by atoms with Crippen LogP contribution in [0.2, 0.25) is 0 Å². The molecule has 0 saturated heterocycles. The molecule has 3 aromatic rings. The van der Waals surface area contributed by atoms with Crippen LogP contribution in [0.5, 0.6) is 0 Å². The monoisotopic (exact) mass is 360 g/mol. The summed E-state index contributed by atoms with van der Waals surface area (Å²) in [6.45, 7) is 3.53. The molecule has 1 heterocycles. The highest BCUT2D eigenvalue weighted by Gasteiger charge is 2.06. The molecule has 0 saturated carbocycles. The zero-order valence-electron chi connectivity index (χ0n) is 15.2. The van der Waals surface area contributed by atoms with Crippen molar-refractivity contribution >= 4 is 29.0 Å². The Morgan fingerprint density at radius 3 is 2.30 bits per heavy atom. The van der Waals surface area contributed by atoms with Gasteiger partial charge in [-0.2, -0.15) is 0 Å². The maximum absolute atomic E-state index is 12.1. The molecule has 0 aliphatic heterocycles. The van der Waals surface area contributed by atoms with Gasteiger partial charge in [-0.25, -0.2) is 0 Å². The fourth-order valence-electron chi connectivity index (χ4n) is 2.51. The molecular weight excluding hydrogens is 340 g/mol. The second-order valence-corrected chi connectivity index (χ2v) is 6.28. The lowest BCUT2D eigenvalue weighted by atomic mass is 10.1. The zero-order valence-corrected chi connectivity index (χ0v) is 15.2. The van der Waals surface area contributed by atoms with E-state index >= 15 is 0 Å². The number of hydrogen-bond donors (Lipinski definition) is 2. The van der Waals surface area contributed by atoms with Crippen LogP contribution < -0.4 is 10.6 Å². The molecule has 0 unspecified atom stereocenters. The first-order valence-electron chi connectivity index (χ1n) is 8.57. The first-order valence-corrected chi connectivity index (χ1v) is 8.57. The van der Waals surface area contributed by atoms with Crippen molar-refractivity contribution in [1.29, 1.82) is 0 Å². The number of nitrogens with zero attached hydrogens (tertiary/aromatic N) is 2. The Balaban J connectivity index is 1.60. The van der Waals surface area contributed by atoms with Gasteiger partial charge in [0.25, 0.3) is 0 Å². The molecular formula is C21H20N4O2. The summed E-state index contributed by atoms with van der Waals surface area (Å²) in [6.07, 6.45) is 0.278. The summed E-state index contributed by atoms with van der Waals surface area (Å²) in [6, 6.07) is 18.4. The molecule has 0 atom stereocenters. The largest absolute Gasteiger partial charge is 0.339 e. The third kappa shape index (κ3) is 5.22. The summed E-state index contributed by atoms with van der Waals surface area (Å²) in [7, 11) is 0. The van der Waals surface area contributed by atoms with Gasteiger partial charge in [0.05, 0.1) is 6.42 Å². The number of carbonyl (C=O) groups is 2. The Hall–Kier alpha value is -3.54. The fraction of sp³-hybridized carbons (Fsp3) is 0.143. The lowest BCUT2D eigenvalue weighted by molar-refractivity contribution is -0.115. The second-order valence-electron chi connectivity index (χ2n) is 6.28. The Labute approximate surface area is 157 Å². The maximum Gasteiger partial charge on any atom is 0.229 e. The van der Waals surface area contributed by atoms with Crippen molar-refractivity contribution in [3.63, 3.8) is 0 Å². The normalized spacial score (nSPS) is 10.3. The Morgan fingerprint density at radius 1 is 0.926 bits per heavy atom. The van der Waals surface area contributed by atoms with Gasteiger partial charge in [-0.3, -0.25) is 9.59 Å². The Kier molecular flexibility index (Phi) is 5.56. The van der Waals surface area contributed by atoms with Gasteiger partial charge in [0.15, 0.2) is 17.4 Å². The van der Waals surface area contributed by atoms with Crippen molar-refractivity contribution in [3.05, 3.63) is 77.4 Å². The average molecular weight is 360 g/mol. The predicted molar refractivity (Wildman–Crippen MR) is 105 cm³/mol. The minimum absolute atomic E-state index is 0.00336. The summed E-state index contributed by atoms with van der Waals surface area (Å²) in [5, 5.41) is 13.9. The zero-order chi connectivity index (χ0) is 19.2. The van der Waals surface area contributed by atoms with Gasteiger partial charge in [-0.05, 0) is 43.7 Å². The van der Waals surface area contributed by atoms with Gasteiger partial charge >= 0.3 is 0 Å². The number of carbonyl (C=O) groups excluding carboxylic acids is 2. The van der Waals surface area contributed by atoms with Crippen molar-refractivity contribution in [2.75, 3.05) is 10.6 Å². The van der Waals surface area contributed by atoms with Gasteiger partial charge in [0, 0.05) is 11.3 Å². The van der Waals surface area contributed by atoms with E-state index in [2.05, 4.69) is 20.8 Å². The highest BCUT2D eigenvalue weighted by Crippen LogP contribution is 2.17. The first kappa shape index (κ1) is 18.3. The second kappa shape index (κ2) is 8.23. The van der Waals surface area contributed by atoms with Crippen LogP contribution in [0.3, 0.4) is 0 Å². The van der Waals surface area contributed by atoms with E-state index in [1.807, 2.05) is 37.3 Å². The van der Waals surface area contributed by atoms with Gasteiger partial charge in [-0.1, -0.05) is 42.0 Å². The van der Waals surface area contributed by atoms with Crippen molar-refractivity contribution < 1.29 is 9.59 Å². The summed E-state index contributed by atoms with van der Waals surface area (Å²) >= 11 is 0. The molecule has 6 nitrogen and oxygen atoms in total. The predicted octanol–water partition coefficient (Wildman–Crippen LogP) is 3.91. The Bertz CT molecular complexity index is 951. The van der Waals surface area contributed by atoms with Gasteiger partial charge < -0.3 is 10.6 Å². The van der Waals surface area contributed by atoms with E-state index < -0.39 is 0 Å². The molecule has 0 aliphatic carbocycles. The number of aryl methyl sites for hydroxylation is 1. The third-order valence-electron chi connectivity index (χ3n) is 3.96. The number of Topliss-reactive ketones (excluding diaryl/α,β-unsaturated/α-hetero) is 1. The van der Waals surface area contributed by atoms with Gasteiger partial charge in [-0.15, -0.1) is 10.2 Å². The van der Waals surface area contributed by atoms with E-state index in [0.29, 0.717) is 17.2 Å². The van der Waals surface area contributed by atoms with Gasteiger partial charge in [0.2, 0.25) is 5.91 Å². The van der Waals surface area contributed by atoms with Crippen molar-refractivity contribution in [2.45, 2.75) is 20.3 Å². The summed E-state index contributed by atoms with van der Waals surface area (Å²) in [5.41, 5.74) is 3.46. The number of aromatic nitrogens is 2. The SMILES string of the molecule is CC(=O)c1cccc(Nc2ccc(NC(=O)Cc3ccc(C)cc3)nn2)c1. The quantitative estimate of drug-likeness (QED) is 0.651. The smallest absolute Gasteiger partial charge is 0.229 e. The average Bonchev–Trinajstić information content (AvgIpc) is 2.65. The van der Waals surface area contributed by atoms with E-state index in [9.17, 15) is 9.59 Å². The highest BCUT2D eigenvalue weighted by molar-refractivity contribution is 5.95. The van der Waals surface area contributed by atoms with Crippen LogP contribution in [0, 0.1) is 6.92 Å². The molecule has 2 aromatic carbocycles. The van der Waals surface area contributed by atoms with Crippen LogP contribution in [-0.2, 0) is 11.2 Å².